The fourth-order valence-corrected chi connectivity index (χ4v) is 2.95. The van der Waals surface area contributed by atoms with Gasteiger partial charge in [-0.05, 0) is 17.7 Å². The Hall–Kier alpha value is -2.49. The van der Waals surface area contributed by atoms with E-state index in [-0.39, 0.29) is 22.4 Å². The first-order chi connectivity index (χ1) is 10.1. The van der Waals surface area contributed by atoms with Crippen LogP contribution in [-0.2, 0) is 9.84 Å². The molecule has 1 aromatic carbocycles. The van der Waals surface area contributed by atoms with Gasteiger partial charge in [0.15, 0.2) is 0 Å². The summed E-state index contributed by atoms with van der Waals surface area (Å²) in [6, 6.07) is 2.49. The van der Waals surface area contributed by atoms with Crippen LogP contribution >= 0.6 is 0 Å². The van der Waals surface area contributed by atoms with Crippen LogP contribution in [0.4, 0.5) is 13.2 Å². The van der Waals surface area contributed by atoms with Crippen molar-refractivity contribution in [2.45, 2.75) is 10.4 Å². The molecule has 0 saturated carbocycles. The third kappa shape index (κ3) is 1.87. The van der Waals surface area contributed by atoms with E-state index in [9.17, 15) is 31.2 Å². The molecule has 0 fully saturated rings. The van der Waals surface area contributed by atoms with Gasteiger partial charge in [0.1, 0.15) is 5.69 Å². The van der Waals surface area contributed by atoms with Gasteiger partial charge in [0.05, 0.1) is 4.90 Å². The monoisotopic (exact) mass is 330 g/mol. The number of alkyl halides is 3. The fourth-order valence-electron chi connectivity index (χ4n) is 2.16. The minimum atomic E-state index is -5.56. The van der Waals surface area contributed by atoms with E-state index >= 15 is 0 Å². The molecule has 0 bridgehead atoms. The molecule has 10 heteroatoms. The summed E-state index contributed by atoms with van der Waals surface area (Å²) < 4.78 is 60.4. The number of aromatic amines is 1. The van der Waals surface area contributed by atoms with Gasteiger partial charge in [0.25, 0.3) is 9.84 Å². The van der Waals surface area contributed by atoms with E-state index in [1.54, 1.807) is 0 Å². The number of hydrogen-bond donors (Lipinski definition) is 1. The van der Waals surface area contributed by atoms with Gasteiger partial charge >= 0.3 is 11.2 Å². The Morgan fingerprint density at radius 3 is 2.36 bits per heavy atom. The molecule has 0 spiro atoms. The Labute approximate surface area is 120 Å². The molecule has 22 heavy (non-hydrogen) atoms. The molecular weight excluding hydrogens is 325 g/mol. The molecular formula is C12H5F3N2O4S. The molecule has 1 aromatic heterocycles. The molecule has 6 nitrogen and oxygen atoms in total. The zero-order chi connectivity index (χ0) is 16.3. The fraction of sp³-hybridized carbons (Fsp3) is 0.0833. The zero-order valence-corrected chi connectivity index (χ0v) is 11.2. The smallest absolute Gasteiger partial charge is 0.302 e. The number of nitrogens with zero attached hydrogens (tertiary/aromatic N) is 1. The number of rotatable bonds is 1. The van der Waals surface area contributed by atoms with Crippen LogP contribution in [0.5, 0.6) is 0 Å². The van der Waals surface area contributed by atoms with Gasteiger partial charge in [-0.2, -0.15) is 13.2 Å². The predicted molar refractivity (Wildman–Crippen MR) is 67.0 cm³/mol. The first-order valence-electron chi connectivity index (χ1n) is 5.73. The Morgan fingerprint density at radius 2 is 1.73 bits per heavy atom. The van der Waals surface area contributed by atoms with Crippen molar-refractivity contribution in [3.8, 4) is 11.1 Å². The molecule has 1 aliphatic carbocycles. The molecule has 1 N–H and O–H groups in total. The van der Waals surface area contributed by atoms with Crippen LogP contribution < -0.4 is 5.69 Å². The van der Waals surface area contributed by atoms with Crippen molar-refractivity contribution in [3.05, 3.63) is 46.1 Å². The quantitative estimate of drug-likeness (QED) is 0.725. The number of nitrogens with one attached hydrogen (secondary N) is 1. The Morgan fingerprint density at radius 1 is 1.05 bits per heavy atom. The molecule has 2 aromatic rings. The maximum absolute atomic E-state index is 12.6. The van der Waals surface area contributed by atoms with Crippen molar-refractivity contribution in [1.29, 1.82) is 0 Å². The summed E-state index contributed by atoms with van der Waals surface area (Å²) in [4.78, 5) is 27.8. The highest BCUT2D eigenvalue weighted by molar-refractivity contribution is 7.92. The van der Waals surface area contributed by atoms with E-state index in [1.807, 2.05) is 0 Å². The first-order valence-corrected chi connectivity index (χ1v) is 7.21. The van der Waals surface area contributed by atoms with Crippen LogP contribution in [0, 0.1) is 0 Å². The molecule has 1 aliphatic rings. The summed E-state index contributed by atoms with van der Waals surface area (Å²) in [6.07, 6.45) is 1.11. The number of aromatic nitrogens is 2. The lowest BCUT2D eigenvalue weighted by Gasteiger charge is -2.09. The molecule has 3 rings (SSSR count). The third-order valence-electron chi connectivity index (χ3n) is 3.18. The highest BCUT2D eigenvalue weighted by Gasteiger charge is 2.47. The van der Waals surface area contributed by atoms with Crippen molar-refractivity contribution in [2.75, 3.05) is 0 Å². The first kappa shape index (κ1) is 14.4. The SMILES string of the molecule is O=C1c2cc(S(=O)(=O)C(F)(F)F)ccc2-c2cnc(=O)[nH]c21. The normalized spacial score (nSPS) is 13.9. The van der Waals surface area contributed by atoms with Crippen LogP contribution in [0.25, 0.3) is 11.1 Å². The standard InChI is InChI=1S/C12H5F3N2O4S/c13-12(14,15)22(20,21)5-1-2-6-7(3-5)10(18)9-8(6)4-16-11(19)17-9/h1-4H,(H,16,17,19). The third-order valence-corrected chi connectivity index (χ3v) is 4.66. The van der Waals surface area contributed by atoms with Crippen molar-refractivity contribution < 1.29 is 26.4 Å². The van der Waals surface area contributed by atoms with Gasteiger partial charge < -0.3 is 4.98 Å². The van der Waals surface area contributed by atoms with Gasteiger partial charge in [-0.1, -0.05) is 6.07 Å². The second-order valence-electron chi connectivity index (χ2n) is 4.46. The second kappa shape index (κ2) is 4.26. The molecule has 0 unspecified atom stereocenters. The minimum absolute atomic E-state index is 0.128. The van der Waals surface area contributed by atoms with Gasteiger partial charge in [0, 0.05) is 17.3 Å². The predicted octanol–water partition coefficient (Wildman–Crippen LogP) is 1.27. The average molecular weight is 330 g/mol. The number of carbonyl (C=O) groups excluding carboxylic acids is 1. The van der Waals surface area contributed by atoms with E-state index < -0.39 is 31.7 Å². The molecule has 0 atom stereocenters. The summed E-state index contributed by atoms with van der Waals surface area (Å²) in [5, 5.41) is 0. The van der Waals surface area contributed by atoms with Crippen LogP contribution in [0.15, 0.2) is 34.1 Å². The highest BCUT2D eigenvalue weighted by Crippen LogP contribution is 2.38. The molecule has 0 saturated heterocycles. The number of halogens is 3. The minimum Gasteiger partial charge on any atom is -0.302 e. The zero-order valence-electron chi connectivity index (χ0n) is 10.4. The van der Waals surface area contributed by atoms with Crippen molar-refractivity contribution in [2.24, 2.45) is 0 Å². The maximum atomic E-state index is 12.6. The number of H-pyrrole nitrogens is 1. The van der Waals surface area contributed by atoms with E-state index in [4.69, 9.17) is 0 Å². The number of fused-ring (bicyclic) bond motifs is 3. The number of ketones is 1. The van der Waals surface area contributed by atoms with Crippen LogP contribution in [-0.4, -0.2) is 29.7 Å². The molecule has 0 radical (unpaired) electrons. The van der Waals surface area contributed by atoms with Crippen LogP contribution in [0.2, 0.25) is 0 Å². The second-order valence-corrected chi connectivity index (χ2v) is 6.40. The van der Waals surface area contributed by atoms with E-state index in [2.05, 4.69) is 9.97 Å². The number of hydrogen-bond acceptors (Lipinski definition) is 5. The van der Waals surface area contributed by atoms with Gasteiger partial charge in [-0.25, -0.2) is 18.2 Å². The van der Waals surface area contributed by atoms with E-state index in [1.165, 1.54) is 0 Å². The van der Waals surface area contributed by atoms with Gasteiger partial charge in [-0.15, -0.1) is 0 Å². The Bertz CT molecular complexity index is 977. The van der Waals surface area contributed by atoms with Crippen LogP contribution in [0.3, 0.4) is 0 Å². The Balaban J connectivity index is 2.23. The average Bonchev–Trinajstić information content (AvgIpc) is 2.70. The van der Waals surface area contributed by atoms with Crippen molar-refractivity contribution >= 4 is 15.6 Å². The summed E-state index contributed by atoms with van der Waals surface area (Å²) in [7, 11) is -5.56. The van der Waals surface area contributed by atoms with Gasteiger partial charge in [0.2, 0.25) is 5.78 Å². The molecule has 0 aliphatic heterocycles. The van der Waals surface area contributed by atoms with Gasteiger partial charge in [-0.3, -0.25) is 4.79 Å². The van der Waals surface area contributed by atoms with Crippen molar-refractivity contribution in [1.82, 2.24) is 9.97 Å². The molecule has 0 amide bonds. The lowest BCUT2D eigenvalue weighted by atomic mass is 10.1. The lowest BCUT2D eigenvalue weighted by Crippen LogP contribution is -2.23. The summed E-state index contributed by atoms with van der Waals surface area (Å²) in [5.41, 5.74) is -6.17. The van der Waals surface area contributed by atoms with Crippen molar-refractivity contribution in [3.63, 3.8) is 0 Å². The Kier molecular flexibility index (Phi) is 2.80. The molecule has 1 heterocycles. The van der Waals surface area contributed by atoms with E-state index in [0.29, 0.717) is 6.07 Å². The summed E-state index contributed by atoms with van der Waals surface area (Å²) >= 11 is 0. The lowest BCUT2D eigenvalue weighted by molar-refractivity contribution is -0.0436. The maximum Gasteiger partial charge on any atom is 0.501 e. The number of sulfone groups is 1. The highest BCUT2D eigenvalue weighted by atomic mass is 32.2. The summed E-state index contributed by atoms with van der Waals surface area (Å²) in [5.74, 6) is -0.760. The largest absolute Gasteiger partial charge is 0.501 e. The van der Waals surface area contributed by atoms with Crippen LogP contribution in [0.1, 0.15) is 16.1 Å². The topological polar surface area (TPSA) is 97.0 Å². The van der Waals surface area contributed by atoms with E-state index in [0.717, 1.165) is 18.3 Å². The summed E-state index contributed by atoms with van der Waals surface area (Å²) in [6.45, 7) is 0. The molecule has 114 valence electrons. The number of carbonyl (C=O) groups is 1. The number of benzene rings is 1.